The third-order valence-electron chi connectivity index (χ3n) is 9.58. The molecule has 1 aromatic rings. The zero-order chi connectivity index (χ0) is 30.6. The molecule has 0 aliphatic rings. The van der Waals surface area contributed by atoms with Crippen molar-refractivity contribution < 1.29 is 18.8 Å². The van der Waals surface area contributed by atoms with Gasteiger partial charge in [-0.1, -0.05) is 92.6 Å². The van der Waals surface area contributed by atoms with Gasteiger partial charge in [-0.25, -0.2) is 0 Å². The number of aliphatic hydroxyl groups is 1. The summed E-state index contributed by atoms with van der Waals surface area (Å²) in [5.74, 6) is 0.260. The summed E-state index contributed by atoms with van der Waals surface area (Å²) >= 11 is 0. The Morgan fingerprint density at radius 1 is 0.872 bits per heavy atom. The molecule has 1 rings (SSSR count). The maximum Gasteiger partial charge on any atom is 0.225 e. The molecule has 5 nitrogen and oxygen atoms in total. The van der Waals surface area contributed by atoms with Gasteiger partial charge in [0.2, 0.25) is 5.91 Å². The molecule has 0 spiro atoms. The van der Waals surface area contributed by atoms with Gasteiger partial charge in [-0.2, -0.15) is 0 Å². The summed E-state index contributed by atoms with van der Waals surface area (Å²) < 4.78 is 13.7. The first-order chi connectivity index (χ1) is 17.5. The topological polar surface area (TPSA) is 59.0 Å². The zero-order valence-corrected chi connectivity index (χ0v) is 29.9. The lowest BCUT2D eigenvalue weighted by Gasteiger charge is -2.44. The number of hydrogen-bond donors (Lipinski definition) is 1. The van der Waals surface area contributed by atoms with E-state index in [-0.39, 0.29) is 45.9 Å². The van der Waals surface area contributed by atoms with Crippen molar-refractivity contribution in [2.75, 3.05) is 13.7 Å². The fourth-order valence-electron chi connectivity index (χ4n) is 4.44. The van der Waals surface area contributed by atoms with Crippen LogP contribution in [0.15, 0.2) is 30.3 Å². The lowest BCUT2D eigenvalue weighted by atomic mass is 9.86. The SMILES string of the molecule is C[C@H](C[C@H](C)[C@@H](O[Si](C)(C)C(C)(C)C)[C@@H](C)CO[Si](C)(C)C(C)(C)C)C(=O)N(C)[C@@H](C)[C@@H](O)c1ccccc1. The van der Waals surface area contributed by atoms with Crippen LogP contribution in [-0.4, -0.2) is 58.3 Å². The molecule has 0 radical (unpaired) electrons. The minimum absolute atomic E-state index is 0.00329. The van der Waals surface area contributed by atoms with Crippen LogP contribution in [0.3, 0.4) is 0 Å². The molecule has 1 N–H and O–H groups in total. The molecule has 0 aliphatic carbocycles. The predicted molar refractivity (Wildman–Crippen MR) is 171 cm³/mol. The highest BCUT2D eigenvalue weighted by molar-refractivity contribution is 6.74. The third kappa shape index (κ3) is 9.80. The van der Waals surface area contributed by atoms with Crippen molar-refractivity contribution in [1.29, 1.82) is 0 Å². The van der Waals surface area contributed by atoms with E-state index in [1.165, 1.54) is 0 Å². The van der Waals surface area contributed by atoms with Crippen LogP contribution in [-0.2, 0) is 13.6 Å². The molecule has 0 fully saturated rings. The molecule has 0 aromatic heterocycles. The third-order valence-corrected chi connectivity index (χ3v) is 18.5. The molecule has 0 heterocycles. The van der Waals surface area contributed by atoms with Crippen LogP contribution in [0.1, 0.15) is 87.3 Å². The van der Waals surface area contributed by atoms with Crippen LogP contribution >= 0.6 is 0 Å². The minimum Gasteiger partial charge on any atom is -0.416 e. The van der Waals surface area contributed by atoms with E-state index in [1.54, 1.807) is 11.9 Å². The normalized spacial score (nSPS) is 18.2. The number of carbonyl (C=O) groups is 1. The first-order valence-electron chi connectivity index (χ1n) is 14.8. The van der Waals surface area contributed by atoms with Crippen LogP contribution in [0.2, 0.25) is 36.3 Å². The van der Waals surface area contributed by atoms with E-state index in [2.05, 4.69) is 81.6 Å². The second kappa shape index (κ2) is 13.8. The number of nitrogens with zero attached hydrogens (tertiary/aromatic N) is 1. The molecule has 39 heavy (non-hydrogen) atoms. The van der Waals surface area contributed by atoms with Gasteiger partial charge in [-0.05, 0) is 61.1 Å². The second-order valence-electron chi connectivity index (χ2n) is 15.1. The van der Waals surface area contributed by atoms with Crippen molar-refractivity contribution in [3.63, 3.8) is 0 Å². The largest absolute Gasteiger partial charge is 0.416 e. The number of benzene rings is 1. The van der Waals surface area contributed by atoms with Crippen molar-refractivity contribution in [3.8, 4) is 0 Å². The summed E-state index contributed by atoms with van der Waals surface area (Å²) in [6.45, 7) is 31.9. The van der Waals surface area contributed by atoms with Gasteiger partial charge in [0, 0.05) is 25.5 Å². The maximum absolute atomic E-state index is 13.5. The first-order valence-corrected chi connectivity index (χ1v) is 20.7. The van der Waals surface area contributed by atoms with Crippen molar-refractivity contribution >= 4 is 22.5 Å². The van der Waals surface area contributed by atoms with Crippen molar-refractivity contribution in [2.45, 2.75) is 130 Å². The lowest BCUT2D eigenvalue weighted by molar-refractivity contribution is -0.138. The van der Waals surface area contributed by atoms with Crippen LogP contribution in [0.25, 0.3) is 0 Å². The highest BCUT2D eigenvalue weighted by Gasteiger charge is 2.43. The van der Waals surface area contributed by atoms with E-state index in [0.717, 1.165) is 12.0 Å². The molecular weight excluding hydrogens is 519 g/mol. The summed E-state index contributed by atoms with van der Waals surface area (Å²) in [5, 5.41) is 11.1. The molecule has 226 valence electrons. The van der Waals surface area contributed by atoms with E-state index < -0.39 is 22.7 Å². The average Bonchev–Trinajstić information content (AvgIpc) is 2.82. The van der Waals surface area contributed by atoms with Crippen molar-refractivity contribution in [2.24, 2.45) is 17.8 Å². The van der Waals surface area contributed by atoms with Gasteiger partial charge in [0.15, 0.2) is 16.6 Å². The lowest BCUT2D eigenvalue weighted by Crippen LogP contribution is -2.50. The summed E-state index contributed by atoms with van der Waals surface area (Å²) in [6, 6.07) is 9.24. The van der Waals surface area contributed by atoms with Gasteiger partial charge in [0.1, 0.15) is 0 Å². The van der Waals surface area contributed by atoms with Gasteiger partial charge < -0.3 is 18.9 Å². The molecule has 1 aromatic carbocycles. The van der Waals surface area contributed by atoms with Gasteiger partial charge in [-0.3, -0.25) is 4.79 Å². The van der Waals surface area contributed by atoms with E-state index >= 15 is 0 Å². The number of hydrogen-bond acceptors (Lipinski definition) is 4. The Bertz CT molecular complexity index is 892. The fourth-order valence-corrected chi connectivity index (χ4v) is 7.05. The van der Waals surface area contributed by atoms with Crippen LogP contribution in [0.5, 0.6) is 0 Å². The number of amides is 1. The molecular formula is C32H61NO4Si2. The molecule has 0 bridgehead atoms. The highest BCUT2D eigenvalue weighted by Crippen LogP contribution is 2.41. The maximum atomic E-state index is 13.5. The molecule has 0 saturated carbocycles. The minimum atomic E-state index is -2.05. The summed E-state index contributed by atoms with van der Waals surface area (Å²) in [4.78, 5) is 15.2. The number of likely N-dealkylation sites (N-methyl/N-ethyl adjacent to an activating group) is 1. The van der Waals surface area contributed by atoms with Gasteiger partial charge >= 0.3 is 0 Å². The second-order valence-corrected chi connectivity index (χ2v) is 24.6. The van der Waals surface area contributed by atoms with E-state index in [1.807, 2.05) is 44.2 Å². The summed E-state index contributed by atoms with van der Waals surface area (Å²) in [7, 11) is -2.13. The average molecular weight is 580 g/mol. The monoisotopic (exact) mass is 579 g/mol. The molecule has 0 aliphatic heterocycles. The summed E-state index contributed by atoms with van der Waals surface area (Å²) in [6.07, 6.45) is -0.00313. The Kier molecular flexibility index (Phi) is 12.7. The number of carbonyl (C=O) groups excluding carboxylic acids is 1. The van der Waals surface area contributed by atoms with Gasteiger partial charge in [0.05, 0.1) is 18.2 Å². The Hall–Kier alpha value is -0.996. The Labute approximate surface area is 243 Å². The smallest absolute Gasteiger partial charge is 0.225 e. The highest BCUT2D eigenvalue weighted by atomic mass is 28.4. The molecule has 7 heteroatoms. The Morgan fingerprint density at radius 3 is 1.82 bits per heavy atom. The summed E-state index contributed by atoms with van der Waals surface area (Å²) in [5.41, 5.74) is 0.823. The van der Waals surface area contributed by atoms with E-state index in [4.69, 9.17) is 8.85 Å². The molecule has 0 saturated heterocycles. The Morgan fingerprint density at radius 2 is 1.36 bits per heavy atom. The molecule has 0 unspecified atom stereocenters. The van der Waals surface area contributed by atoms with Crippen molar-refractivity contribution in [3.05, 3.63) is 35.9 Å². The molecule has 1 amide bonds. The van der Waals surface area contributed by atoms with Crippen LogP contribution in [0.4, 0.5) is 0 Å². The predicted octanol–water partition coefficient (Wildman–Crippen LogP) is 8.28. The zero-order valence-electron chi connectivity index (χ0n) is 27.9. The fraction of sp³-hybridized carbons (Fsp3) is 0.781. The van der Waals surface area contributed by atoms with Gasteiger partial charge in [-0.15, -0.1) is 0 Å². The van der Waals surface area contributed by atoms with Gasteiger partial charge in [0.25, 0.3) is 0 Å². The van der Waals surface area contributed by atoms with Crippen LogP contribution in [0, 0.1) is 17.8 Å². The van der Waals surface area contributed by atoms with E-state index in [9.17, 15) is 9.90 Å². The first kappa shape index (κ1) is 36.0. The van der Waals surface area contributed by atoms with E-state index in [0.29, 0.717) is 6.61 Å². The molecule has 6 atom stereocenters. The van der Waals surface area contributed by atoms with Crippen LogP contribution < -0.4 is 0 Å². The Balaban J connectivity index is 3.07. The number of rotatable bonds is 13. The number of aliphatic hydroxyl groups excluding tert-OH is 1. The van der Waals surface area contributed by atoms with Crippen molar-refractivity contribution in [1.82, 2.24) is 4.90 Å². The quantitative estimate of drug-likeness (QED) is 0.239. The standard InChI is InChI=1S/C32H61NO4Si2/c1-23(21-24(2)30(35)33(11)26(4)28(34)27-19-17-16-18-20-27)29(37-39(14,15)32(8,9)10)25(3)22-36-38(12,13)31(5,6)7/h16-20,23-26,28-29,34H,21-22H2,1-15H3/t23-,24+,25-,26-,28+,29+/m0/s1.